The number of aliphatic imine (C=N–C) groups is 1. The molecule has 31 heavy (non-hydrogen) atoms. The third-order valence-electron chi connectivity index (χ3n) is 6.04. The summed E-state index contributed by atoms with van der Waals surface area (Å²) >= 11 is 0. The Hall–Kier alpha value is -3.02. The van der Waals surface area contributed by atoms with E-state index in [2.05, 4.69) is 27.3 Å². The van der Waals surface area contributed by atoms with Gasteiger partial charge in [0.2, 0.25) is 5.91 Å². The molecule has 0 bridgehead atoms. The normalized spacial score (nSPS) is 16.9. The average Bonchev–Trinajstić information content (AvgIpc) is 3.25. The van der Waals surface area contributed by atoms with E-state index in [0.29, 0.717) is 6.42 Å². The van der Waals surface area contributed by atoms with E-state index in [1.54, 1.807) is 0 Å². The van der Waals surface area contributed by atoms with Gasteiger partial charge in [0.05, 0.1) is 0 Å². The van der Waals surface area contributed by atoms with Crippen LogP contribution in [-0.2, 0) is 17.9 Å². The average molecular weight is 421 g/mol. The van der Waals surface area contributed by atoms with Crippen LogP contribution < -0.4 is 10.1 Å². The van der Waals surface area contributed by atoms with Gasteiger partial charge in [0.25, 0.3) is 0 Å². The number of likely N-dealkylation sites (tertiary alicyclic amines) is 1. The topological polar surface area (TPSA) is 57.2 Å². The molecule has 4 rings (SSSR count). The van der Waals surface area contributed by atoms with Crippen LogP contribution in [0.4, 0.5) is 0 Å². The fraction of sp³-hybridized carbons (Fsp3) is 0.440. The van der Waals surface area contributed by atoms with Crippen LogP contribution in [0.5, 0.6) is 5.75 Å². The highest BCUT2D eigenvalue weighted by molar-refractivity contribution is 5.80. The van der Waals surface area contributed by atoms with Crippen LogP contribution in [0.15, 0.2) is 59.6 Å². The molecule has 1 saturated heterocycles. The van der Waals surface area contributed by atoms with Crippen LogP contribution in [0.2, 0.25) is 0 Å². The number of para-hydroxylation sites is 1. The van der Waals surface area contributed by atoms with Crippen molar-refractivity contribution in [2.75, 3.05) is 26.7 Å². The van der Waals surface area contributed by atoms with Gasteiger partial charge in [0.1, 0.15) is 11.9 Å². The molecule has 0 radical (unpaired) electrons. The minimum Gasteiger partial charge on any atom is -0.490 e. The predicted octanol–water partition coefficient (Wildman–Crippen LogP) is 3.43. The fourth-order valence-electron chi connectivity index (χ4n) is 4.32. The first-order valence-corrected chi connectivity index (χ1v) is 11.2. The van der Waals surface area contributed by atoms with E-state index in [9.17, 15) is 4.79 Å². The number of carbonyl (C=O) groups excluding carboxylic acids is 1. The zero-order chi connectivity index (χ0) is 21.5. The molecule has 2 aromatic carbocycles. The molecule has 6 heteroatoms. The van der Waals surface area contributed by atoms with Gasteiger partial charge in [-0.25, -0.2) is 0 Å². The van der Waals surface area contributed by atoms with Crippen LogP contribution in [0.25, 0.3) is 0 Å². The Kier molecular flexibility index (Phi) is 7.07. The third-order valence-corrected chi connectivity index (χ3v) is 6.04. The number of ether oxygens (including phenoxy) is 1. The molecule has 0 unspecified atom stereocenters. The number of fused-ring (bicyclic) bond motifs is 1. The molecule has 0 spiro atoms. The first-order chi connectivity index (χ1) is 15.2. The molecule has 0 aliphatic carbocycles. The Morgan fingerprint density at radius 3 is 2.29 bits per heavy atom. The first-order valence-electron chi connectivity index (χ1n) is 11.2. The molecule has 2 heterocycles. The van der Waals surface area contributed by atoms with E-state index >= 15 is 0 Å². The highest BCUT2D eigenvalue weighted by Gasteiger charge is 2.24. The lowest BCUT2D eigenvalue weighted by molar-refractivity contribution is -0.131. The molecule has 2 aromatic rings. The van der Waals surface area contributed by atoms with Gasteiger partial charge in [-0.3, -0.25) is 9.79 Å². The minimum absolute atomic E-state index is 0.229. The quantitative estimate of drug-likeness (QED) is 0.442. The smallest absolute Gasteiger partial charge is 0.223 e. The second-order valence-electron chi connectivity index (χ2n) is 8.21. The zero-order valence-electron chi connectivity index (χ0n) is 18.3. The Labute approximate surface area is 184 Å². The van der Waals surface area contributed by atoms with Crippen molar-refractivity contribution in [2.24, 2.45) is 4.99 Å². The van der Waals surface area contributed by atoms with Crippen LogP contribution in [-0.4, -0.2) is 54.5 Å². The van der Waals surface area contributed by atoms with Gasteiger partial charge in [0.15, 0.2) is 5.96 Å². The number of hydrogen-bond donors (Lipinski definition) is 1. The van der Waals surface area contributed by atoms with Gasteiger partial charge in [-0.2, -0.15) is 0 Å². The van der Waals surface area contributed by atoms with Gasteiger partial charge in [0, 0.05) is 59.0 Å². The maximum Gasteiger partial charge on any atom is 0.223 e. The summed E-state index contributed by atoms with van der Waals surface area (Å²) in [4.78, 5) is 21.2. The lowest BCUT2D eigenvalue weighted by Crippen LogP contribution is -2.47. The summed E-state index contributed by atoms with van der Waals surface area (Å²) in [7, 11) is 1.82. The van der Waals surface area contributed by atoms with E-state index in [-0.39, 0.29) is 12.0 Å². The van der Waals surface area contributed by atoms with E-state index in [1.165, 1.54) is 11.1 Å². The second kappa shape index (κ2) is 10.3. The molecule has 0 aromatic heterocycles. The Balaban J connectivity index is 1.15. The van der Waals surface area contributed by atoms with Gasteiger partial charge in [-0.15, -0.1) is 0 Å². The van der Waals surface area contributed by atoms with Crippen molar-refractivity contribution in [3.05, 3.63) is 65.7 Å². The maximum atomic E-state index is 12.6. The summed E-state index contributed by atoms with van der Waals surface area (Å²) in [5.74, 6) is 2.08. The van der Waals surface area contributed by atoms with Crippen molar-refractivity contribution in [3.8, 4) is 5.75 Å². The highest BCUT2D eigenvalue weighted by Crippen LogP contribution is 2.23. The Morgan fingerprint density at radius 1 is 1.00 bits per heavy atom. The third kappa shape index (κ3) is 5.57. The molecule has 164 valence electrons. The van der Waals surface area contributed by atoms with Crippen LogP contribution >= 0.6 is 0 Å². The number of piperidine rings is 1. The number of benzene rings is 2. The standard InChI is InChI=1S/C25H32N4O2/c1-26-25(28-16-13-23(14-17-28)31-22-10-3-2-4-11-22)27-15-7-12-24(30)29-18-20-8-5-6-9-21(20)19-29/h2-6,8-11,23H,7,12-19H2,1H3,(H,26,27). The van der Waals surface area contributed by atoms with Crippen molar-refractivity contribution >= 4 is 11.9 Å². The lowest BCUT2D eigenvalue weighted by atomic mass is 10.1. The summed E-state index contributed by atoms with van der Waals surface area (Å²) in [6.45, 7) is 4.07. The molecule has 1 fully saturated rings. The van der Waals surface area contributed by atoms with Gasteiger partial charge >= 0.3 is 0 Å². The van der Waals surface area contributed by atoms with Gasteiger partial charge < -0.3 is 19.9 Å². The highest BCUT2D eigenvalue weighted by atomic mass is 16.5. The Bertz CT molecular complexity index is 866. The number of guanidine groups is 1. The van der Waals surface area contributed by atoms with E-state index in [4.69, 9.17) is 4.74 Å². The number of nitrogens with zero attached hydrogens (tertiary/aromatic N) is 3. The number of amides is 1. The molecule has 1 amide bonds. The Morgan fingerprint density at radius 2 is 1.65 bits per heavy atom. The van der Waals surface area contributed by atoms with E-state index < -0.39 is 0 Å². The van der Waals surface area contributed by atoms with Crippen LogP contribution in [0, 0.1) is 0 Å². The molecular weight excluding hydrogens is 388 g/mol. The summed E-state index contributed by atoms with van der Waals surface area (Å²) in [5, 5.41) is 3.43. The minimum atomic E-state index is 0.229. The summed E-state index contributed by atoms with van der Waals surface area (Å²) in [6, 6.07) is 18.3. The lowest BCUT2D eigenvalue weighted by Gasteiger charge is -2.34. The molecule has 0 atom stereocenters. The second-order valence-corrected chi connectivity index (χ2v) is 8.21. The largest absolute Gasteiger partial charge is 0.490 e. The van der Waals surface area contributed by atoms with Crippen LogP contribution in [0.3, 0.4) is 0 Å². The summed E-state index contributed by atoms with van der Waals surface area (Å²) in [6.07, 6.45) is 3.56. The SMILES string of the molecule is CN=C(NCCCC(=O)N1Cc2ccccc2C1)N1CCC(Oc2ccccc2)CC1. The van der Waals surface area contributed by atoms with Crippen molar-refractivity contribution < 1.29 is 9.53 Å². The molecule has 6 nitrogen and oxygen atoms in total. The monoisotopic (exact) mass is 420 g/mol. The van der Waals surface area contributed by atoms with Gasteiger partial charge in [-0.1, -0.05) is 42.5 Å². The zero-order valence-corrected chi connectivity index (χ0v) is 18.3. The maximum absolute atomic E-state index is 12.6. The summed E-state index contributed by atoms with van der Waals surface area (Å²) in [5.41, 5.74) is 2.54. The molecule has 2 aliphatic rings. The number of carbonyl (C=O) groups is 1. The number of rotatable bonds is 6. The van der Waals surface area contributed by atoms with Crippen molar-refractivity contribution in [2.45, 2.75) is 44.9 Å². The van der Waals surface area contributed by atoms with Gasteiger partial charge in [-0.05, 0) is 29.7 Å². The molecule has 2 aliphatic heterocycles. The van der Waals surface area contributed by atoms with Crippen LogP contribution in [0.1, 0.15) is 36.8 Å². The fourth-order valence-corrected chi connectivity index (χ4v) is 4.32. The van der Waals surface area contributed by atoms with E-state index in [1.807, 2.05) is 54.4 Å². The first kappa shape index (κ1) is 21.2. The van der Waals surface area contributed by atoms with Crippen molar-refractivity contribution in [1.29, 1.82) is 0 Å². The predicted molar refractivity (Wildman–Crippen MR) is 123 cm³/mol. The summed E-state index contributed by atoms with van der Waals surface area (Å²) < 4.78 is 6.08. The molecular formula is C25H32N4O2. The van der Waals surface area contributed by atoms with Crippen molar-refractivity contribution in [1.82, 2.24) is 15.1 Å². The van der Waals surface area contributed by atoms with E-state index in [0.717, 1.165) is 63.7 Å². The number of hydrogen-bond acceptors (Lipinski definition) is 3. The number of nitrogens with one attached hydrogen (secondary N) is 1. The molecule has 0 saturated carbocycles. The molecule has 1 N–H and O–H groups in total. The van der Waals surface area contributed by atoms with Crippen molar-refractivity contribution in [3.63, 3.8) is 0 Å².